The van der Waals surface area contributed by atoms with Crippen molar-refractivity contribution in [1.29, 1.82) is 5.26 Å². The van der Waals surface area contributed by atoms with E-state index in [9.17, 15) is 0 Å². The molecule has 1 N–H and O–H groups in total. The van der Waals surface area contributed by atoms with Crippen molar-refractivity contribution in [2.45, 2.75) is 31.8 Å². The average molecular weight is 216 g/mol. The maximum atomic E-state index is 8.65. The van der Waals surface area contributed by atoms with Gasteiger partial charge in [-0.05, 0) is 13.0 Å². The zero-order valence-electron chi connectivity index (χ0n) is 9.44. The van der Waals surface area contributed by atoms with Crippen LogP contribution in [0.15, 0.2) is 24.3 Å². The first-order valence-electron chi connectivity index (χ1n) is 5.66. The molecule has 0 radical (unpaired) electrons. The Hall–Kier alpha value is -1.53. The van der Waals surface area contributed by atoms with Crippen molar-refractivity contribution in [3.8, 4) is 11.8 Å². The van der Waals surface area contributed by atoms with E-state index in [-0.39, 0.29) is 6.04 Å². The van der Waals surface area contributed by atoms with Gasteiger partial charge >= 0.3 is 0 Å². The quantitative estimate of drug-likeness (QED) is 0.843. The van der Waals surface area contributed by atoms with Crippen LogP contribution in [0.4, 0.5) is 0 Å². The van der Waals surface area contributed by atoms with E-state index in [4.69, 9.17) is 10.00 Å². The van der Waals surface area contributed by atoms with E-state index >= 15 is 0 Å². The van der Waals surface area contributed by atoms with Crippen LogP contribution in [0.25, 0.3) is 0 Å². The molecule has 3 nitrogen and oxygen atoms in total. The van der Waals surface area contributed by atoms with Crippen LogP contribution in [0.2, 0.25) is 0 Å². The fraction of sp³-hybridized carbons (Fsp3) is 0.462. The molecule has 1 aliphatic rings. The molecule has 0 aromatic heterocycles. The summed E-state index contributed by atoms with van der Waals surface area (Å²) in [5, 5.41) is 12.1. The predicted molar refractivity (Wildman–Crippen MR) is 62.1 cm³/mol. The number of nitriles is 1. The van der Waals surface area contributed by atoms with Crippen LogP contribution in [0, 0.1) is 11.3 Å². The van der Waals surface area contributed by atoms with E-state index in [1.165, 1.54) is 5.56 Å². The number of hydrogen-bond donors (Lipinski definition) is 1. The van der Waals surface area contributed by atoms with Gasteiger partial charge in [-0.25, -0.2) is 0 Å². The molecule has 0 saturated heterocycles. The molecule has 2 rings (SSSR count). The second-order valence-corrected chi connectivity index (χ2v) is 4.16. The summed E-state index contributed by atoms with van der Waals surface area (Å²) in [6.07, 6.45) is 1.51. The van der Waals surface area contributed by atoms with E-state index in [2.05, 4.69) is 17.5 Å². The van der Waals surface area contributed by atoms with E-state index in [1.807, 2.05) is 25.1 Å². The van der Waals surface area contributed by atoms with Crippen molar-refractivity contribution in [2.75, 3.05) is 6.61 Å². The first-order valence-corrected chi connectivity index (χ1v) is 5.66. The van der Waals surface area contributed by atoms with Crippen molar-refractivity contribution in [2.24, 2.45) is 0 Å². The van der Waals surface area contributed by atoms with Crippen LogP contribution in [-0.4, -0.2) is 12.6 Å². The molecule has 84 valence electrons. The van der Waals surface area contributed by atoms with Crippen molar-refractivity contribution in [3.05, 3.63) is 29.8 Å². The molecule has 0 amide bonds. The average Bonchev–Trinajstić information content (AvgIpc) is 2.30. The Morgan fingerprint density at radius 2 is 2.38 bits per heavy atom. The zero-order chi connectivity index (χ0) is 11.4. The van der Waals surface area contributed by atoms with Gasteiger partial charge in [-0.3, -0.25) is 0 Å². The molecule has 16 heavy (non-hydrogen) atoms. The van der Waals surface area contributed by atoms with Gasteiger partial charge in [0.25, 0.3) is 0 Å². The summed E-state index contributed by atoms with van der Waals surface area (Å²) in [6, 6.07) is 10.8. The van der Waals surface area contributed by atoms with Crippen molar-refractivity contribution in [1.82, 2.24) is 5.32 Å². The highest BCUT2D eigenvalue weighted by Gasteiger charge is 2.21. The normalized spacial score (nSPS) is 20.4. The number of nitrogens with zero attached hydrogens (tertiary/aromatic N) is 1. The van der Waals surface area contributed by atoms with Gasteiger partial charge in [-0.1, -0.05) is 18.2 Å². The number of nitrogens with one attached hydrogen (secondary N) is 1. The summed E-state index contributed by atoms with van der Waals surface area (Å²) in [6.45, 7) is 2.79. The third kappa shape index (κ3) is 2.34. The van der Waals surface area contributed by atoms with Crippen LogP contribution >= 0.6 is 0 Å². The minimum atomic E-state index is 0.223. The molecular weight excluding hydrogens is 200 g/mol. The van der Waals surface area contributed by atoms with Crippen LogP contribution < -0.4 is 10.1 Å². The van der Waals surface area contributed by atoms with Crippen LogP contribution in [-0.2, 0) is 0 Å². The Bertz CT molecular complexity index is 397. The fourth-order valence-corrected chi connectivity index (χ4v) is 2.05. The van der Waals surface area contributed by atoms with Gasteiger partial charge in [0.05, 0.1) is 19.1 Å². The van der Waals surface area contributed by atoms with Crippen LogP contribution in [0.1, 0.15) is 31.4 Å². The zero-order valence-corrected chi connectivity index (χ0v) is 9.44. The number of para-hydroxylation sites is 1. The summed E-state index contributed by atoms with van der Waals surface area (Å²) in [5.41, 5.74) is 1.21. The smallest absolute Gasteiger partial charge is 0.124 e. The predicted octanol–water partition coefficient (Wildman–Crippen LogP) is 2.40. The Morgan fingerprint density at radius 1 is 1.56 bits per heavy atom. The summed E-state index contributed by atoms with van der Waals surface area (Å²) in [4.78, 5) is 0. The SMILES string of the molecule is CC(CC#N)NC1CCOc2ccccc21. The molecule has 0 fully saturated rings. The van der Waals surface area contributed by atoms with E-state index in [1.54, 1.807) is 0 Å². The second-order valence-electron chi connectivity index (χ2n) is 4.16. The van der Waals surface area contributed by atoms with Crippen molar-refractivity contribution in [3.63, 3.8) is 0 Å². The monoisotopic (exact) mass is 216 g/mol. The van der Waals surface area contributed by atoms with Gasteiger partial charge in [0.2, 0.25) is 0 Å². The summed E-state index contributed by atoms with van der Waals surface area (Å²) >= 11 is 0. The number of rotatable bonds is 3. The third-order valence-electron chi connectivity index (χ3n) is 2.84. The molecule has 0 bridgehead atoms. The molecule has 0 aliphatic carbocycles. The second kappa shape index (κ2) is 5.00. The Labute approximate surface area is 96.0 Å². The lowest BCUT2D eigenvalue weighted by Crippen LogP contribution is -2.33. The largest absolute Gasteiger partial charge is 0.493 e. The van der Waals surface area contributed by atoms with E-state index in [0.29, 0.717) is 12.5 Å². The molecular formula is C13H16N2O. The molecule has 2 atom stereocenters. The summed E-state index contributed by atoms with van der Waals surface area (Å²) in [5.74, 6) is 0.968. The fourth-order valence-electron chi connectivity index (χ4n) is 2.05. The highest BCUT2D eigenvalue weighted by Crippen LogP contribution is 2.31. The molecule has 0 saturated carbocycles. The Balaban J connectivity index is 2.10. The van der Waals surface area contributed by atoms with Crippen LogP contribution in [0.3, 0.4) is 0 Å². The summed E-state index contributed by atoms with van der Waals surface area (Å²) < 4.78 is 5.59. The lowest BCUT2D eigenvalue weighted by Gasteiger charge is -2.28. The molecule has 3 heteroatoms. The van der Waals surface area contributed by atoms with Gasteiger partial charge < -0.3 is 10.1 Å². The topological polar surface area (TPSA) is 45.0 Å². The molecule has 2 unspecified atom stereocenters. The van der Waals surface area contributed by atoms with E-state index < -0.39 is 0 Å². The van der Waals surface area contributed by atoms with E-state index in [0.717, 1.165) is 18.8 Å². The van der Waals surface area contributed by atoms with Gasteiger partial charge in [-0.2, -0.15) is 5.26 Å². The van der Waals surface area contributed by atoms with Crippen molar-refractivity contribution < 1.29 is 4.74 Å². The third-order valence-corrected chi connectivity index (χ3v) is 2.84. The standard InChI is InChI=1S/C13H16N2O/c1-10(6-8-14)15-12-7-9-16-13-5-3-2-4-11(12)13/h2-5,10,12,15H,6-7,9H2,1H3. The Morgan fingerprint density at radius 3 is 3.19 bits per heavy atom. The van der Waals surface area contributed by atoms with Crippen LogP contribution in [0.5, 0.6) is 5.75 Å². The number of benzene rings is 1. The van der Waals surface area contributed by atoms with Gasteiger partial charge in [0.1, 0.15) is 5.75 Å². The molecule has 0 spiro atoms. The minimum absolute atomic E-state index is 0.223. The highest BCUT2D eigenvalue weighted by molar-refractivity contribution is 5.37. The van der Waals surface area contributed by atoms with Crippen molar-refractivity contribution >= 4 is 0 Å². The van der Waals surface area contributed by atoms with Gasteiger partial charge in [-0.15, -0.1) is 0 Å². The minimum Gasteiger partial charge on any atom is -0.493 e. The first kappa shape index (κ1) is 11.0. The highest BCUT2D eigenvalue weighted by atomic mass is 16.5. The lowest BCUT2D eigenvalue weighted by molar-refractivity contribution is 0.246. The summed E-state index contributed by atoms with van der Waals surface area (Å²) in [7, 11) is 0. The molecule has 1 heterocycles. The molecule has 1 aliphatic heterocycles. The number of fused-ring (bicyclic) bond motifs is 1. The number of ether oxygens (including phenoxy) is 1. The lowest BCUT2D eigenvalue weighted by atomic mass is 9.99. The Kier molecular flexibility index (Phi) is 3.43. The first-order chi connectivity index (χ1) is 7.81. The molecule has 1 aromatic carbocycles. The van der Waals surface area contributed by atoms with Gasteiger partial charge in [0.15, 0.2) is 0 Å². The van der Waals surface area contributed by atoms with Gasteiger partial charge in [0, 0.05) is 24.1 Å². The maximum absolute atomic E-state index is 8.65. The molecule has 1 aromatic rings. The number of hydrogen-bond acceptors (Lipinski definition) is 3. The maximum Gasteiger partial charge on any atom is 0.124 e.